The lowest BCUT2D eigenvalue weighted by molar-refractivity contribution is 0.153. The number of halogens is 2. The second kappa shape index (κ2) is 6.87. The Hall–Kier alpha value is -2.75. The van der Waals surface area contributed by atoms with Gasteiger partial charge < -0.3 is 9.47 Å². The minimum Gasteiger partial charge on any atom is -0.395 e. The van der Waals surface area contributed by atoms with Crippen LogP contribution in [0.1, 0.15) is 0 Å². The van der Waals surface area contributed by atoms with Crippen LogP contribution in [0.4, 0.5) is 4.79 Å². The zero-order valence-electron chi connectivity index (χ0n) is 13.4. The predicted molar refractivity (Wildman–Crippen MR) is 105 cm³/mol. The average molecular weight is 383 g/mol. The highest BCUT2D eigenvalue weighted by Crippen LogP contribution is 2.37. The highest BCUT2D eigenvalue weighted by Gasteiger charge is 2.15. The molecule has 0 atom stereocenters. The van der Waals surface area contributed by atoms with Gasteiger partial charge in [-0.05, 0) is 59.3 Å². The third-order valence-electron chi connectivity index (χ3n) is 3.96. The highest BCUT2D eigenvalue weighted by molar-refractivity contribution is 6.32. The van der Waals surface area contributed by atoms with Gasteiger partial charge in [-0.3, -0.25) is 0 Å². The van der Waals surface area contributed by atoms with E-state index < -0.39 is 6.16 Å². The molecule has 0 bridgehead atoms. The maximum atomic E-state index is 12.3. The van der Waals surface area contributed by atoms with Crippen molar-refractivity contribution in [3.05, 3.63) is 82.8 Å². The van der Waals surface area contributed by atoms with Crippen LogP contribution in [0.5, 0.6) is 11.5 Å². The summed E-state index contributed by atoms with van der Waals surface area (Å²) in [6.07, 6.45) is -0.820. The molecule has 0 heterocycles. The number of carbonyl (C=O) groups excluding carboxylic acids is 1. The SMILES string of the molecule is O=C(Oc1ccccc1)Oc1c2ccc(Cl)cc2cc2ccc(Cl)cc12. The molecule has 4 aromatic carbocycles. The van der Waals surface area contributed by atoms with Gasteiger partial charge >= 0.3 is 6.16 Å². The van der Waals surface area contributed by atoms with Gasteiger partial charge in [0.1, 0.15) is 11.5 Å². The largest absolute Gasteiger partial charge is 0.519 e. The summed E-state index contributed by atoms with van der Waals surface area (Å²) in [5.74, 6) is 0.792. The summed E-state index contributed by atoms with van der Waals surface area (Å²) in [5.41, 5.74) is 0. The van der Waals surface area contributed by atoms with E-state index in [9.17, 15) is 4.79 Å². The summed E-state index contributed by atoms with van der Waals surface area (Å²) in [5, 5.41) is 4.35. The lowest BCUT2D eigenvalue weighted by Gasteiger charge is -2.12. The van der Waals surface area contributed by atoms with Crippen molar-refractivity contribution in [2.45, 2.75) is 0 Å². The molecule has 0 radical (unpaired) electrons. The van der Waals surface area contributed by atoms with Crippen molar-refractivity contribution in [1.82, 2.24) is 0 Å². The van der Waals surface area contributed by atoms with E-state index >= 15 is 0 Å². The van der Waals surface area contributed by atoms with Crippen molar-refractivity contribution < 1.29 is 14.3 Å². The maximum absolute atomic E-state index is 12.3. The Balaban J connectivity index is 1.82. The highest BCUT2D eigenvalue weighted by atomic mass is 35.5. The van der Waals surface area contributed by atoms with Crippen LogP contribution in [-0.2, 0) is 0 Å². The summed E-state index contributed by atoms with van der Waals surface area (Å²) in [4.78, 5) is 12.3. The van der Waals surface area contributed by atoms with Crippen LogP contribution in [-0.4, -0.2) is 6.16 Å². The first-order valence-corrected chi connectivity index (χ1v) is 8.62. The van der Waals surface area contributed by atoms with Crippen LogP contribution in [0.2, 0.25) is 10.0 Å². The van der Waals surface area contributed by atoms with Gasteiger partial charge in [-0.2, -0.15) is 0 Å². The molecule has 0 aliphatic carbocycles. The van der Waals surface area contributed by atoms with E-state index in [4.69, 9.17) is 32.7 Å². The molecule has 0 aromatic heterocycles. The number of fused-ring (bicyclic) bond motifs is 2. The fourth-order valence-electron chi connectivity index (χ4n) is 2.82. The van der Waals surface area contributed by atoms with Crippen molar-refractivity contribution in [2.75, 3.05) is 0 Å². The number of para-hydroxylation sites is 1. The summed E-state index contributed by atoms with van der Waals surface area (Å²) >= 11 is 12.2. The Labute approximate surface area is 159 Å². The van der Waals surface area contributed by atoms with Crippen LogP contribution in [0.3, 0.4) is 0 Å². The van der Waals surface area contributed by atoms with Crippen LogP contribution in [0.25, 0.3) is 21.5 Å². The smallest absolute Gasteiger partial charge is 0.395 e. The number of rotatable bonds is 2. The Morgan fingerprint density at radius 1 is 0.692 bits per heavy atom. The average Bonchev–Trinajstić information content (AvgIpc) is 2.62. The normalized spacial score (nSPS) is 10.8. The number of carbonyl (C=O) groups is 1. The quantitative estimate of drug-likeness (QED) is 0.215. The summed E-state index contributed by atoms with van der Waals surface area (Å²) in [6.45, 7) is 0. The van der Waals surface area contributed by atoms with E-state index in [2.05, 4.69) is 0 Å². The molecule has 0 saturated heterocycles. The minimum absolute atomic E-state index is 0.387. The molecule has 0 spiro atoms. The molecule has 128 valence electrons. The summed E-state index contributed by atoms with van der Waals surface area (Å²) in [7, 11) is 0. The van der Waals surface area contributed by atoms with Gasteiger partial charge in [-0.15, -0.1) is 0 Å². The van der Waals surface area contributed by atoms with Crippen molar-refractivity contribution in [2.24, 2.45) is 0 Å². The molecule has 0 aliphatic rings. The van der Waals surface area contributed by atoms with Gasteiger partial charge in [-0.1, -0.05) is 47.5 Å². The Bertz CT molecular complexity index is 1120. The molecule has 0 unspecified atom stereocenters. The number of hydrogen-bond acceptors (Lipinski definition) is 3. The van der Waals surface area contributed by atoms with Crippen molar-refractivity contribution >= 4 is 50.9 Å². The fourth-order valence-corrected chi connectivity index (χ4v) is 3.17. The third kappa shape index (κ3) is 3.32. The van der Waals surface area contributed by atoms with Crippen molar-refractivity contribution in [3.63, 3.8) is 0 Å². The molecule has 4 aromatic rings. The molecule has 5 heteroatoms. The molecule has 4 rings (SSSR count). The van der Waals surface area contributed by atoms with Gasteiger partial charge in [0.2, 0.25) is 0 Å². The zero-order valence-corrected chi connectivity index (χ0v) is 14.9. The Morgan fingerprint density at radius 2 is 1.42 bits per heavy atom. The van der Waals surface area contributed by atoms with Gasteiger partial charge in [-0.25, -0.2) is 4.79 Å². The first kappa shape index (κ1) is 16.7. The van der Waals surface area contributed by atoms with E-state index in [1.807, 2.05) is 30.3 Å². The standard InChI is InChI=1S/C21H12Cl2O3/c22-15-8-9-18-14(11-15)10-13-6-7-16(23)12-19(13)20(18)26-21(24)25-17-4-2-1-3-5-17/h1-12H. The number of hydrogen-bond donors (Lipinski definition) is 0. The lowest BCUT2D eigenvalue weighted by atomic mass is 10.0. The summed E-state index contributed by atoms with van der Waals surface area (Å²) < 4.78 is 10.8. The topological polar surface area (TPSA) is 35.5 Å². The van der Waals surface area contributed by atoms with Crippen molar-refractivity contribution in [3.8, 4) is 11.5 Å². The van der Waals surface area contributed by atoms with Crippen LogP contribution >= 0.6 is 23.2 Å². The number of ether oxygens (including phenoxy) is 2. The molecule has 26 heavy (non-hydrogen) atoms. The van der Waals surface area contributed by atoms with Gasteiger partial charge in [0, 0.05) is 20.8 Å². The lowest BCUT2D eigenvalue weighted by Crippen LogP contribution is -2.14. The molecule has 0 aliphatic heterocycles. The van der Waals surface area contributed by atoms with Crippen LogP contribution in [0, 0.1) is 0 Å². The van der Waals surface area contributed by atoms with Gasteiger partial charge in [0.15, 0.2) is 0 Å². The third-order valence-corrected chi connectivity index (χ3v) is 4.43. The molecule has 0 saturated carbocycles. The minimum atomic E-state index is -0.820. The Kier molecular flexibility index (Phi) is 4.41. The van der Waals surface area contributed by atoms with E-state index in [0.717, 1.165) is 21.5 Å². The molecule has 0 fully saturated rings. The second-order valence-corrected chi connectivity index (χ2v) is 6.58. The summed E-state index contributed by atoms with van der Waals surface area (Å²) in [6, 6.07) is 21.5. The molecule has 0 amide bonds. The van der Waals surface area contributed by atoms with E-state index in [1.54, 1.807) is 42.5 Å². The van der Waals surface area contributed by atoms with Gasteiger partial charge in [0.25, 0.3) is 0 Å². The maximum Gasteiger partial charge on any atom is 0.519 e. The molecular weight excluding hydrogens is 371 g/mol. The van der Waals surface area contributed by atoms with Crippen LogP contribution in [0.15, 0.2) is 72.8 Å². The first-order chi connectivity index (χ1) is 12.6. The van der Waals surface area contributed by atoms with Gasteiger partial charge in [0.05, 0.1) is 0 Å². The predicted octanol–water partition coefficient (Wildman–Crippen LogP) is 6.88. The van der Waals surface area contributed by atoms with E-state index in [0.29, 0.717) is 21.5 Å². The van der Waals surface area contributed by atoms with Crippen LogP contribution < -0.4 is 9.47 Å². The zero-order chi connectivity index (χ0) is 18.1. The van der Waals surface area contributed by atoms with Crippen molar-refractivity contribution in [1.29, 1.82) is 0 Å². The Morgan fingerprint density at radius 3 is 2.23 bits per heavy atom. The molecular formula is C21H12Cl2O3. The monoisotopic (exact) mass is 382 g/mol. The fraction of sp³-hybridized carbons (Fsp3) is 0. The molecule has 3 nitrogen and oxygen atoms in total. The number of benzene rings is 4. The molecule has 0 N–H and O–H groups in total. The van der Waals surface area contributed by atoms with E-state index in [-0.39, 0.29) is 0 Å². The second-order valence-electron chi connectivity index (χ2n) is 5.70. The first-order valence-electron chi connectivity index (χ1n) is 7.86. The van der Waals surface area contributed by atoms with E-state index in [1.165, 1.54) is 0 Å².